The molecule has 3 rings (SSSR count). The van der Waals surface area contributed by atoms with Crippen LogP contribution < -0.4 is 9.47 Å². The van der Waals surface area contributed by atoms with E-state index in [0.29, 0.717) is 28.2 Å². The van der Waals surface area contributed by atoms with Crippen LogP contribution in [0, 0.1) is 0 Å². The van der Waals surface area contributed by atoms with Crippen molar-refractivity contribution in [2.75, 3.05) is 27.3 Å². The largest absolute Gasteiger partial charge is 0.497 e. The number of ether oxygens (including phenoxy) is 2. The van der Waals surface area contributed by atoms with Crippen molar-refractivity contribution in [1.29, 1.82) is 0 Å². The van der Waals surface area contributed by atoms with Crippen molar-refractivity contribution in [3.63, 3.8) is 0 Å². The molecule has 1 aromatic heterocycles. The first-order valence-corrected chi connectivity index (χ1v) is 9.01. The summed E-state index contributed by atoms with van der Waals surface area (Å²) in [7, 11) is 3.17. The van der Waals surface area contributed by atoms with Crippen LogP contribution in [0.4, 0.5) is 0 Å². The van der Waals surface area contributed by atoms with E-state index >= 15 is 0 Å². The number of hydrogen-bond acceptors (Lipinski definition) is 7. The van der Waals surface area contributed by atoms with E-state index in [1.807, 2.05) is 11.8 Å². The van der Waals surface area contributed by atoms with Gasteiger partial charge in [0.25, 0.3) is 5.22 Å². The molecule has 134 valence electrons. The van der Waals surface area contributed by atoms with Crippen molar-refractivity contribution < 1.29 is 18.7 Å². The summed E-state index contributed by atoms with van der Waals surface area (Å²) in [5.74, 6) is 1.75. The number of thioether (sulfide) groups is 1. The summed E-state index contributed by atoms with van der Waals surface area (Å²) in [5.41, 5.74) is 0.703. The molecule has 2 aromatic rings. The molecular weight excluding hydrogens is 342 g/mol. The molecule has 1 aromatic carbocycles. The van der Waals surface area contributed by atoms with Gasteiger partial charge in [0.1, 0.15) is 11.5 Å². The van der Waals surface area contributed by atoms with Crippen molar-refractivity contribution >= 4 is 17.7 Å². The van der Waals surface area contributed by atoms with Crippen molar-refractivity contribution in [3.8, 4) is 23.0 Å². The molecule has 1 saturated heterocycles. The Balaban J connectivity index is 1.73. The third-order valence-corrected chi connectivity index (χ3v) is 4.97. The van der Waals surface area contributed by atoms with Crippen LogP contribution in [0.3, 0.4) is 0 Å². The lowest BCUT2D eigenvalue weighted by Crippen LogP contribution is -2.34. The van der Waals surface area contributed by atoms with Crippen LogP contribution in [0.1, 0.15) is 19.8 Å². The summed E-state index contributed by atoms with van der Waals surface area (Å²) < 4.78 is 16.2. The Morgan fingerprint density at radius 1 is 1.16 bits per heavy atom. The second-order valence-electron chi connectivity index (χ2n) is 5.77. The summed E-state index contributed by atoms with van der Waals surface area (Å²) in [4.78, 5) is 14.3. The number of nitrogens with zero attached hydrogens (tertiary/aromatic N) is 3. The lowest BCUT2D eigenvalue weighted by molar-refractivity contribution is -0.129. The number of methoxy groups -OCH3 is 2. The molecule has 0 saturated carbocycles. The highest BCUT2D eigenvalue weighted by atomic mass is 32.2. The summed E-state index contributed by atoms with van der Waals surface area (Å²) >= 11 is 1.28. The average Bonchev–Trinajstić information content (AvgIpc) is 3.32. The SMILES string of the molecule is COc1cc(OC)cc(-c2nnc(S[C@@H](C)C(=O)N3CCCC3)o2)c1. The predicted octanol–water partition coefficient (Wildman–Crippen LogP) is 2.86. The van der Waals surface area contributed by atoms with Gasteiger partial charge in [0.15, 0.2) is 0 Å². The van der Waals surface area contributed by atoms with E-state index in [1.54, 1.807) is 32.4 Å². The number of benzene rings is 1. The smallest absolute Gasteiger partial charge is 0.277 e. The van der Waals surface area contributed by atoms with E-state index in [9.17, 15) is 4.79 Å². The summed E-state index contributed by atoms with van der Waals surface area (Å²) in [6, 6.07) is 5.36. The zero-order valence-corrected chi connectivity index (χ0v) is 15.3. The maximum Gasteiger partial charge on any atom is 0.277 e. The van der Waals surface area contributed by atoms with Crippen molar-refractivity contribution in [2.24, 2.45) is 0 Å². The fourth-order valence-corrected chi connectivity index (χ4v) is 3.47. The molecule has 8 heteroatoms. The molecule has 0 unspecified atom stereocenters. The van der Waals surface area contributed by atoms with Crippen LogP contribution >= 0.6 is 11.8 Å². The Bertz CT molecular complexity index is 721. The van der Waals surface area contributed by atoms with Crippen molar-refractivity contribution in [2.45, 2.75) is 30.2 Å². The molecule has 0 N–H and O–H groups in total. The lowest BCUT2D eigenvalue weighted by Gasteiger charge is -2.18. The Labute approximate surface area is 150 Å². The zero-order chi connectivity index (χ0) is 17.8. The highest BCUT2D eigenvalue weighted by Crippen LogP contribution is 2.31. The Kier molecular flexibility index (Phi) is 5.47. The molecule has 25 heavy (non-hydrogen) atoms. The van der Waals surface area contributed by atoms with Gasteiger partial charge in [0, 0.05) is 24.7 Å². The highest BCUT2D eigenvalue weighted by molar-refractivity contribution is 8.00. The van der Waals surface area contributed by atoms with E-state index in [4.69, 9.17) is 13.9 Å². The second-order valence-corrected chi connectivity index (χ2v) is 7.06. The van der Waals surface area contributed by atoms with Crippen LogP contribution in [0.25, 0.3) is 11.5 Å². The molecule has 0 bridgehead atoms. The van der Waals surface area contributed by atoms with Gasteiger partial charge < -0.3 is 18.8 Å². The number of carbonyl (C=O) groups excluding carboxylic acids is 1. The number of amides is 1. The van der Waals surface area contributed by atoms with Gasteiger partial charge in [0.05, 0.1) is 19.5 Å². The number of aromatic nitrogens is 2. The van der Waals surface area contributed by atoms with E-state index in [1.165, 1.54) is 11.8 Å². The van der Waals surface area contributed by atoms with Crippen molar-refractivity contribution in [1.82, 2.24) is 15.1 Å². The summed E-state index contributed by atoms with van der Waals surface area (Å²) in [5, 5.41) is 8.23. The quantitative estimate of drug-likeness (QED) is 0.730. The molecule has 1 atom stereocenters. The highest BCUT2D eigenvalue weighted by Gasteiger charge is 2.25. The number of likely N-dealkylation sites (tertiary alicyclic amines) is 1. The van der Waals surface area contributed by atoms with E-state index in [2.05, 4.69) is 10.2 Å². The first-order chi connectivity index (χ1) is 12.1. The first kappa shape index (κ1) is 17.6. The molecule has 1 fully saturated rings. The van der Waals surface area contributed by atoms with E-state index in [0.717, 1.165) is 25.9 Å². The summed E-state index contributed by atoms with van der Waals surface area (Å²) in [6.45, 7) is 3.54. The van der Waals surface area contributed by atoms with E-state index < -0.39 is 0 Å². The van der Waals surface area contributed by atoms with Gasteiger partial charge in [0.2, 0.25) is 11.8 Å². The topological polar surface area (TPSA) is 77.7 Å². The maximum atomic E-state index is 12.4. The standard InChI is InChI=1S/C17H21N3O4S/c1-11(16(21)20-6-4-5-7-20)25-17-19-18-15(24-17)12-8-13(22-2)10-14(9-12)23-3/h8-11H,4-7H2,1-3H3/t11-/m0/s1. The van der Waals surface area contributed by atoms with Crippen LogP contribution in [-0.2, 0) is 4.79 Å². The minimum Gasteiger partial charge on any atom is -0.497 e. The molecule has 0 aliphatic carbocycles. The monoisotopic (exact) mass is 363 g/mol. The van der Waals surface area contributed by atoms with Crippen LogP contribution in [-0.4, -0.2) is 53.6 Å². The van der Waals surface area contributed by atoms with Gasteiger partial charge in [-0.25, -0.2) is 0 Å². The molecule has 1 amide bonds. The van der Waals surface area contributed by atoms with Crippen molar-refractivity contribution in [3.05, 3.63) is 18.2 Å². The van der Waals surface area contributed by atoms with Gasteiger partial charge >= 0.3 is 0 Å². The minimum atomic E-state index is -0.258. The lowest BCUT2D eigenvalue weighted by atomic mass is 10.2. The fraction of sp³-hybridized carbons (Fsp3) is 0.471. The number of rotatable bonds is 6. The Morgan fingerprint density at radius 2 is 1.80 bits per heavy atom. The first-order valence-electron chi connectivity index (χ1n) is 8.13. The number of hydrogen-bond donors (Lipinski definition) is 0. The second kappa shape index (κ2) is 7.77. The maximum absolute atomic E-state index is 12.4. The van der Waals surface area contributed by atoms with Gasteiger partial charge in [-0.2, -0.15) is 0 Å². The average molecular weight is 363 g/mol. The molecular formula is C17H21N3O4S. The zero-order valence-electron chi connectivity index (χ0n) is 14.5. The third kappa shape index (κ3) is 4.07. The molecule has 1 aliphatic rings. The molecule has 7 nitrogen and oxygen atoms in total. The number of carbonyl (C=O) groups is 1. The van der Waals surface area contributed by atoms with Crippen LogP contribution in [0.15, 0.2) is 27.8 Å². The molecule has 0 spiro atoms. The Hall–Kier alpha value is -2.22. The molecule has 1 aliphatic heterocycles. The van der Waals surface area contributed by atoms with Gasteiger partial charge in [-0.3, -0.25) is 4.79 Å². The third-order valence-electron chi connectivity index (χ3n) is 4.05. The van der Waals surface area contributed by atoms with Crippen LogP contribution in [0.2, 0.25) is 0 Å². The Morgan fingerprint density at radius 3 is 2.40 bits per heavy atom. The van der Waals surface area contributed by atoms with E-state index in [-0.39, 0.29) is 11.2 Å². The summed E-state index contributed by atoms with van der Waals surface area (Å²) in [6.07, 6.45) is 2.15. The van der Waals surface area contributed by atoms with Gasteiger partial charge in [-0.15, -0.1) is 10.2 Å². The van der Waals surface area contributed by atoms with Crippen LogP contribution in [0.5, 0.6) is 11.5 Å². The predicted molar refractivity (Wildman–Crippen MR) is 94.0 cm³/mol. The normalized spacial score (nSPS) is 15.2. The molecule has 0 radical (unpaired) electrons. The fourth-order valence-electron chi connectivity index (χ4n) is 2.70. The molecule has 2 heterocycles. The minimum absolute atomic E-state index is 0.116. The van der Waals surface area contributed by atoms with Gasteiger partial charge in [-0.05, 0) is 31.9 Å². The van der Waals surface area contributed by atoms with Gasteiger partial charge in [-0.1, -0.05) is 11.8 Å².